The molecule has 2 heterocycles. The second kappa shape index (κ2) is 7.02. The Morgan fingerprint density at radius 1 is 1.31 bits per heavy atom. The van der Waals surface area contributed by atoms with Crippen LogP contribution in [0.3, 0.4) is 0 Å². The zero-order valence-corrected chi connectivity index (χ0v) is 15.6. The van der Waals surface area contributed by atoms with Crippen LogP contribution in [-0.4, -0.2) is 42.3 Å². The molecule has 0 unspecified atom stereocenters. The Hall–Kier alpha value is -1.90. The van der Waals surface area contributed by atoms with Crippen LogP contribution in [0.4, 0.5) is 0 Å². The number of nitrogens with one attached hydrogen (secondary N) is 1. The number of piperazine rings is 1. The molecule has 0 saturated carbocycles. The number of terminal acetylenes is 1. The van der Waals surface area contributed by atoms with Crippen LogP contribution < -0.4 is 10.1 Å². The van der Waals surface area contributed by atoms with Gasteiger partial charge in [0.1, 0.15) is 18.1 Å². The Kier molecular flexibility index (Phi) is 4.73. The largest absolute Gasteiger partial charge is 0.507 e. The summed E-state index contributed by atoms with van der Waals surface area (Å²) in [4.78, 5) is 2.38. The summed E-state index contributed by atoms with van der Waals surface area (Å²) >= 11 is 13.1. The van der Waals surface area contributed by atoms with Gasteiger partial charge in [0.05, 0.1) is 16.1 Å². The lowest BCUT2D eigenvalue weighted by Crippen LogP contribution is -2.52. The molecule has 26 heavy (non-hydrogen) atoms. The van der Waals surface area contributed by atoms with Crippen molar-refractivity contribution in [1.29, 1.82) is 0 Å². The first-order valence-corrected chi connectivity index (χ1v) is 9.23. The van der Waals surface area contributed by atoms with Crippen LogP contribution in [-0.2, 0) is 6.54 Å². The number of phenols is 1. The van der Waals surface area contributed by atoms with E-state index in [1.54, 1.807) is 18.2 Å². The zero-order valence-electron chi connectivity index (χ0n) is 14.1. The maximum absolute atomic E-state index is 10.3. The van der Waals surface area contributed by atoms with Crippen LogP contribution in [0, 0.1) is 12.3 Å². The maximum Gasteiger partial charge on any atom is 0.143 e. The van der Waals surface area contributed by atoms with E-state index < -0.39 is 0 Å². The minimum Gasteiger partial charge on any atom is -0.507 e. The van der Waals surface area contributed by atoms with Gasteiger partial charge in [0, 0.05) is 48.4 Å². The summed E-state index contributed by atoms with van der Waals surface area (Å²) in [5, 5.41) is 14.5. The third-order valence-corrected chi connectivity index (χ3v) is 5.64. The van der Waals surface area contributed by atoms with E-state index in [1.165, 1.54) is 0 Å². The van der Waals surface area contributed by atoms with Gasteiger partial charge in [-0.15, -0.1) is 6.42 Å². The average molecular weight is 389 g/mol. The monoisotopic (exact) mass is 388 g/mol. The second-order valence-corrected chi connectivity index (χ2v) is 7.30. The zero-order chi connectivity index (χ0) is 18.3. The van der Waals surface area contributed by atoms with Crippen molar-refractivity contribution in [3.8, 4) is 35.0 Å². The molecule has 2 aliphatic rings. The number of fused-ring (bicyclic) bond motifs is 2. The maximum atomic E-state index is 10.3. The van der Waals surface area contributed by atoms with E-state index in [0.29, 0.717) is 45.1 Å². The molecule has 0 aromatic heterocycles. The Balaban J connectivity index is 1.89. The Morgan fingerprint density at radius 3 is 2.92 bits per heavy atom. The van der Waals surface area contributed by atoms with Crippen molar-refractivity contribution in [2.24, 2.45) is 0 Å². The SMILES string of the molecule is C#Cc1cc2c(c(Cl)c1-c1c(O)cccc1Cl)OC[C@H]1CNCCN1C2. The highest BCUT2D eigenvalue weighted by Crippen LogP contribution is 2.47. The summed E-state index contributed by atoms with van der Waals surface area (Å²) < 4.78 is 6.08. The van der Waals surface area contributed by atoms with E-state index in [9.17, 15) is 5.11 Å². The highest BCUT2D eigenvalue weighted by molar-refractivity contribution is 6.38. The molecule has 1 fully saturated rings. The number of halogens is 2. The van der Waals surface area contributed by atoms with Crippen LogP contribution in [0.15, 0.2) is 24.3 Å². The van der Waals surface area contributed by atoms with Gasteiger partial charge >= 0.3 is 0 Å². The molecule has 2 aromatic carbocycles. The smallest absolute Gasteiger partial charge is 0.143 e. The lowest BCUT2D eigenvalue weighted by atomic mass is 9.95. The molecule has 4 rings (SSSR count). The van der Waals surface area contributed by atoms with E-state index in [1.807, 2.05) is 6.07 Å². The molecule has 134 valence electrons. The van der Waals surface area contributed by atoms with Crippen molar-refractivity contribution in [3.05, 3.63) is 45.4 Å². The van der Waals surface area contributed by atoms with E-state index >= 15 is 0 Å². The molecule has 1 atom stereocenters. The molecule has 2 aliphatic heterocycles. The minimum atomic E-state index is 0.0334. The van der Waals surface area contributed by atoms with Gasteiger partial charge in [-0.2, -0.15) is 0 Å². The van der Waals surface area contributed by atoms with Crippen LogP contribution in [0.1, 0.15) is 11.1 Å². The number of phenolic OH excluding ortho intramolecular Hbond substituents is 1. The number of rotatable bonds is 1. The summed E-state index contributed by atoms with van der Waals surface area (Å²) in [7, 11) is 0. The van der Waals surface area contributed by atoms with Gasteiger partial charge in [-0.25, -0.2) is 0 Å². The Morgan fingerprint density at radius 2 is 2.15 bits per heavy atom. The van der Waals surface area contributed by atoms with Gasteiger partial charge in [-0.05, 0) is 18.2 Å². The van der Waals surface area contributed by atoms with Gasteiger partial charge in [-0.1, -0.05) is 35.2 Å². The molecule has 4 nitrogen and oxygen atoms in total. The van der Waals surface area contributed by atoms with Gasteiger partial charge < -0.3 is 15.2 Å². The topological polar surface area (TPSA) is 44.7 Å². The lowest BCUT2D eigenvalue weighted by Gasteiger charge is -2.33. The number of benzene rings is 2. The minimum absolute atomic E-state index is 0.0334. The molecule has 6 heteroatoms. The quantitative estimate of drug-likeness (QED) is 0.733. The molecule has 0 spiro atoms. The van der Waals surface area contributed by atoms with Gasteiger partial charge in [0.15, 0.2) is 0 Å². The lowest BCUT2D eigenvalue weighted by molar-refractivity contribution is 0.120. The summed E-state index contributed by atoms with van der Waals surface area (Å²) in [6.45, 7) is 4.05. The molecule has 1 saturated heterocycles. The van der Waals surface area contributed by atoms with Crippen molar-refractivity contribution in [1.82, 2.24) is 10.2 Å². The summed E-state index contributed by atoms with van der Waals surface area (Å²) in [6.07, 6.45) is 5.76. The van der Waals surface area contributed by atoms with Crippen LogP contribution in [0.2, 0.25) is 10.0 Å². The first-order valence-electron chi connectivity index (χ1n) is 8.47. The fourth-order valence-electron chi connectivity index (χ4n) is 3.65. The predicted octanol–water partition coefficient (Wildman–Crippen LogP) is 3.51. The van der Waals surface area contributed by atoms with Crippen molar-refractivity contribution >= 4 is 23.2 Å². The number of nitrogens with zero attached hydrogens (tertiary/aromatic N) is 1. The Bertz CT molecular complexity index is 887. The average Bonchev–Trinajstić information content (AvgIpc) is 2.82. The van der Waals surface area contributed by atoms with Crippen LogP contribution >= 0.6 is 23.2 Å². The molecule has 0 amide bonds. The summed E-state index contributed by atoms with van der Waals surface area (Å²) in [6, 6.07) is 7.15. The number of ether oxygens (including phenoxy) is 1. The third-order valence-electron chi connectivity index (χ3n) is 4.96. The first-order chi connectivity index (χ1) is 12.6. The van der Waals surface area contributed by atoms with E-state index in [4.69, 9.17) is 34.4 Å². The van der Waals surface area contributed by atoms with Crippen LogP contribution in [0.5, 0.6) is 11.5 Å². The second-order valence-electron chi connectivity index (χ2n) is 6.52. The predicted molar refractivity (Wildman–Crippen MR) is 104 cm³/mol. The first kappa shape index (κ1) is 17.5. The van der Waals surface area contributed by atoms with Gasteiger partial charge in [0.25, 0.3) is 0 Å². The van der Waals surface area contributed by atoms with Crippen molar-refractivity contribution < 1.29 is 9.84 Å². The molecule has 2 N–H and O–H groups in total. The third kappa shape index (κ3) is 2.91. The van der Waals surface area contributed by atoms with E-state index in [2.05, 4.69) is 16.1 Å². The van der Waals surface area contributed by atoms with Crippen LogP contribution in [0.25, 0.3) is 11.1 Å². The number of aromatic hydroxyl groups is 1. The fourth-order valence-corrected chi connectivity index (χ4v) is 4.29. The highest BCUT2D eigenvalue weighted by atomic mass is 35.5. The van der Waals surface area contributed by atoms with E-state index in [0.717, 1.165) is 31.7 Å². The molecule has 0 radical (unpaired) electrons. The normalized spacial score (nSPS) is 19.7. The molecule has 2 aromatic rings. The van der Waals surface area contributed by atoms with Crippen molar-refractivity contribution in [2.75, 3.05) is 26.2 Å². The highest BCUT2D eigenvalue weighted by Gasteiger charge is 2.30. The number of hydrogen-bond acceptors (Lipinski definition) is 4. The molecule has 0 aliphatic carbocycles. The molecular formula is C20H18Cl2N2O2. The van der Waals surface area contributed by atoms with Crippen molar-refractivity contribution in [2.45, 2.75) is 12.6 Å². The number of hydrogen-bond donors (Lipinski definition) is 2. The standard InChI is InChI=1S/C20H18Cl2N2O2/c1-2-12-8-13-10-24-7-6-23-9-14(24)11-26-20(13)19(22)17(12)18-15(21)4-3-5-16(18)25/h1,3-5,8,14,23,25H,6-7,9-11H2/t14-/m1/s1. The van der Waals surface area contributed by atoms with Gasteiger partial charge in [0.2, 0.25) is 0 Å². The summed E-state index contributed by atoms with van der Waals surface area (Å²) in [5.74, 6) is 3.34. The molecular weight excluding hydrogens is 371 g/mol. The summed E-state index contributed by atoms with van der Waals surface area (Å²) in [5.41, 5.74) is 2.52. The Labute approximate surface area is 162 Å². The van der Waals surface area contributed by atoms with Gasteiger partial charge in [-0.3, -0.25) is 4.90 Å². The molecule has 0 bridgehead atoms. The fraction of sp³-hybridized carbons (Fsp3) is 0.300. The van der Waals surface area contributed by atoms with Crippen molar-refractivity contribution in [3.63, 3.8) is 0 Å². The van der Waals surface area contributed by atoms with E-state index in [-0.39, 0.29) is 5.75 Å².